The lowest BCUT2D eigenvalue weighted by molar-refractivity contribution is -0.118. The van der Waals surface area contributed by atoms with Crippen molar-refractivity contribution in [2.75, 3.05) is 4.90 Å². The molecule has 0 radical (unpaired) electrons. The Morgan fingerprint density at radius 2 is 1.72 bits per heavy atom. The molecule has 4 aromatic carbocycles. The Morgan fingerprint density at radius 3 is 2.49 bits per heavy atom. The van der Waals surface area contributed by atoms with E-state index in [4.69, 9.17) is 10.5 Å². The summed E-state index contributed by atoms with van der Waals surface area (Å²) in [4.78, 5) is 16.1. The van der Waals surface area contributed by atoms with Crippen molar-refractivity contribution in [3.05, 3.63) is 128 Å². The van der Waals surface area contributed by atoms with Gasteiger partial charge in [0, 0.05) is 23.1 Å². The molecule has 0 saturated carbocycles. The Labute approximate surface area is 261 Å². The zero-order valence-corrected chi connectivity index (χ0v) is 26.5. The molecule has 0 bridgehead atoms. The van der Waals surface area contributed by atoms with Gasteiger partial charge in [-0.05, 0) is 87.5 Å². The van der Waals surface area contributed by atoms with Gasteiger partial charge in [0.2, 0.25) is 0 Å². The summed E-state index contributed by atoms with van der Waals surface area (Å²) in [5.74, 6) is 0.633. The van der Waals surface area contributed by atoms with Crippen LogP contribution in [0.15, 0.2) is 106 Å². The number of carbonyl (C=O) groups excluding carboxylic acids is 1. The van der Waals surface area contributed by atoms with Gasteiger partial charge in [-0.3, -0.25) is 9.69 Å². The van der Waals surface area contributed by atoms with E-state index in [0.29, 0.717) is 36.4 Å². The number of para-hydroxylation sites is 1. The van der Waals surface area contributed by atoms with Crippen LogP contribution in [-0.2, 0) is 11.4 Å². The number of anilines is 1. The summed E-state index contributed by atoms with van der Waals surface area (Å²) in [5.41, 5.74) is 13.6. The van der Waals surface area contributed by atoms with E-state index in [1.807, 2.05) is 60.4 Å². The number of nitrogens with zero attached hydrogens (tertiary/aromatic N) is 2. The van der Waals surface area contributed by atoms with Crippen LogP contribution in [0.25, 0.3) is 10.8 Å². The van der Waals surface area contributed by atoms with E-state index in [9.17, 15) is 10.1 Å². The predicted octanol–water partition coefficient (Wildman–Crippen LogP) is 8.74. The first kappa shape index (κ1) is 28.8. The molecule has 43 heavy (non-hydrogen) atoms. The molecule has 1 heterocycles. The molecule has 1 unspecified atom stereocenters. The van der Waals surface area contributed by atoms with Gasteiger partial charge in [0.25, 0.3) is 0 Å². The second-order valence-electron chi connectivity index (χ2n) is 12.3. The molecule has 216 valence electrons. The minimum Gasteiger partial charge on any atom is -0.488 e. The number of Topliss-reactive ketones (excluding diaryl/α,β-unsaturated/α-hetero) is 1. The number of ketones is 1. The van der Waals surface area contributed by atoms with Crippen LogP contribution < -0.4 is 15.4 Å². The second kappa shape index (κ2) is 11.1. The lowest BCUT2D eigenvalue weighted by atomic mass is 9.68. The van der Waals surface area contributed by atoms with Gasteiger partial charge in [-0.1, -0.05) is 74.5 Å². The largest absolute Gasteiger partial charge is 0.488 e. The third-order valence-electron chi connectivity index (χ3n) is 8.64. The highest BCUT2D eigenvalue weighted by molar-refractivity contribution is 9.10. The van der Waals surface area contributed by atoms with Crippen molar-refractivity contribution in [2.24, 2.45) is 11.1 Å². The molecule has 6 rings (SSSR count). The Morgan fingerprint density at radius 1 is 1.00 bits per heavy atom. The third-order valence-corrected chi connectivity index (χ3v) is 9.30. The molecule has 0 saturated heterocycles. The number of halogens is 1. The fraction of sp³-hybridized carbons (Fsp3) is 0.243. The maximum atomic E-state index is 14.2. The lowest BCUT2D eigenvalue weighted by Crippen LogP contribution is -2.42. The van der Waals surface area contributed by atoms with Gasteiger partial charge in [-0.15, -0.1) is 0 Å². The summed E-state index contributed by atoms with van der Waals surface area (Å²) in [5, 5.41) is 12.8. The number of fused-ring (bicyclic) bond motifs is 1. The predicted molar refractivity (Wildman–Crippen MR) is 175 cm³/mol. The quantitative estimate of drug-likeness (QED) is 0.238. The topological polar surface area (TPSA) is 79.4 Å². The van der Waals surface area contributed by atoms with E-state index < -0.39 is 5.92 Å². The highest BCUT2D eigenvalue weighted by Gasteiger charge is 2.45. The normalized spacial score (nSPS) is 18.1. The first-order chi connectivity index (χ1) is 20.6. The van der Waals surface area contributed by atoms with Crippen molar-refractivity contribution in [1.29, 1.82) is 5.26 Å². The first-order valence-electron chi connectivity index (χ1n) is 14.5. The molecule has 2 N–H and O–H groups in total. The maximum absolute atomic E-state index is 14.2. The van der Waals surface area contributed by atoms with E-state index in [1.165, 1.54) is 0 Å². The molecular formula is C37H34BrN3O2. The van der Waals surface area contributed by atoms with Gasteiger partial charge in [0.05, 0.1) is 27.7 Å². The van der Waals surface area contributed by atoms with Gasteiger partial charge in [-0.2, -0.15) is 5.26 Å². The number of ether oxygens (including phenoxy) is 1. The van der Waals surface area contributed by atoms with E-state index in [0.717, 1.165) is 54.6 Å². The summed E-state index contributed by atoms with van der Waals surface area (Å²) in [6.45, 7) is 8.70. The standard InChI is InChI=1S/C37H34BrN3O2/c1-22-16-23(2)27(17-25(22)21-43-33-15-8-7-13-29(33)38)34-28(20-39)36(40)41(31-18-37(3,4)19-32(42)35(31)34)30-14-9-11-24-10-5-6-12-26(24)30/h5-17,34H,18-19,21,40H2,1-4H3. The molecule has 0 amide bonds. The number of hydrogen-bond donors (Lipinski definition) is 1. The minimum atomic E-state index is -0.558. The number of allylic oxidation sites excluding steroid dienone is 3. The molecule has 1 aliphatic carbocycles. The third kappa shape index (κ3) is 5.13. The SMILES string of the molecule is Cc1cc(C)c(C2C(C#N)=C(N)N(c3cccc4ccccc34)C3=C2C(=O)CC(C)(C)C3)cc1COc1ccccc1Br. The first-order valence-corrected chi connectivity index (χ1v) is 15.3. The minimum absolute atomic E-state index is 0.0627. The maximum Gasteiger partial charge on any atom is 0.162 e. The number of nitriles is 1. The van der Waals surface area contributed by atoms with Crippen LogP contribution >= 0.6 is 15.9 Å². The number of aryl methyl sites for hydroxylation is 2. The zero-order valence-electron chi connectivity index (χ0n) is 24.9. The van der Waals surface area contributed by atoms with Crippen LogP contribution in [-0.4, -0.2) is 5.78 Å². The van der Waals surface area contributed by atoms with Crippen LogP contribution in [0, 0.1) is 30.6 Å². The average Bonchev–Trinajstić information content (AvgIpc) is 2.96. The highest BCUT2D eigenvalue weighted by atomic mass is 79.9. The van der Waals surface area contributed by atoms with E-state index >= 15 is 0 Å². The van der Waals surface area contributed by atoms with E-state index in [1.54, 1.807) is 0 Å². The summed E-state index contributed by atoms with van der Waals surface area (Å²) in [7, 11) is 0. The molecule has 0 aromatic heterocycles. The molecular weight excluding hydrogens is 598 g/mol. The number of nitrogens with two attached hydrogens (primary N) is 1. The van der Waals surface area contributed by atoms with Crippen molar-refractivity contribution in [2.45, 2.75) is 53.1 Å². The fourth-order valence-corrected chi connectivity index (χ4v) is 7.00. The van der Waals surface area contributed by atoms with E-state index in [2.05, 4.69) is 73.1 Å². The Kier molecular flexibility index (Phi) is 7.40. The van der Waals surface area contributed by atoms with Crippen molar-refractivity contribution in [3.8, 4) is 11.8 Å². The smallest absolute Gasteiger partial charge is 0.162 e. The molecule has 4 aromatic rings. The fourth-order valence-electron chi connectivity index (χ4n) is 6.60. The van der Waals surface area contributed by atoms with Gasteiger partial charge < -0.3 is 10.5 Å². The summed E-state index contributed by atoms with van der Waals surface area (Å²) < 4.78 is 7.08. The number of benzene rings is 4. The van der Waals surface area contributed by atoms with Crippen LogP contribution in [0.2, 0.25) is 0 Å². The van der Waals surface area contributed by atoms with Gasteiger partial charge in [0.1, 0.15) is 18.2 Å². The number of carbonyl (C=O) groups is 1. The molecule has 1 atom stereocenters. The average molecular weight is 633 g/mol. The summed E-state index contributed by atoms with van der Waals surface area (Å²) in [6.07, 6.45) is 1.07. The van der Waals surface area contributed by atoms with Crippen LogP contribution in [0.3, 0.4) is 0 Å². The van der Waals surface area contributed by atoms with Crippen LogP contribution in [0.4, 0.5) is 5.69 Å². The molecule has 0 spiro atoms. The number of hydrogen-bond acceptors (Lipinski definition) is 5. The Balaban J connectivity index is 1.54. The molecule has 5 nitrogen and oxygen atoms in total. The molecule has 1 aliphatic heterocycles. The van der Waals surface area contributed by atoms with Crippen LogP contribution in [0.5, 0.6) is 5.75 Å². The second-order valence-corrected chi connectivity index (χ2v) is 13.2. The zero-order chi connectivity index (χ0) is 30.5. The highest BCUT2D eigenvalue weighted by Crippen LogP contribution is 2.51. The molecule has 6 heteroatoms. The Hall–Kier alpha value is -4.34. The lowest BCUT2D eigenvalue weighted by Gasteiger charge is -2.44. The summed E-state index contributed by atoms with van der Waals surface area (Å²) >= 11 is 3.57. The van der Waals surface area contributed by atoms with Crippen molar-refractivity contribution in [1.82, 2.24) is 0 Å². The van der Waals surface area contributed by atoms with Crippen LogP contribution in [0.1, 0.15) is 54.9 Å². The van der Waals surface area contributed by atoms with Gasteiger partial charge in [-0.25, -0.2) is 0 Å². The van der Waals surface area contributed by atoms with Gasteiger partial charge in [0.15, 0.2) is 5.78 Å². The Bertz CT molecular complexity index is 1890. The number of rotatable bonds is 5. The van der Waals surface area contributed by atoms with Crippen molar-refractivity contribution in [3.63, 3.8) is 0 Å². The molecule has 0 fully saturated rings. The molecule has 2 aliphatic rings. The van der Waals surface area contributed by atoms with Crippen molar-refractivity contribution >= 4 is 38.2 Å². The summed E-state index contributed by atoms with van der Waals surface area (Å²) in [6, 6.07) is 28.6. The van der Waals surface area contributed by atoms with Gasteiger partial charge >= 0.3 is 0 Å². The van der Waals surface area contributed by atoms with Crippen molar-refractivity contribution < 1.29 is 9.53 Å². The monoisotopic (exact) mass is 631 g/mol. The van der Waals surface area contributed by atoms with E-state index in [-0.39, 0.29) is 11.2 Å².